The summed E-state index contributed by atoms with van der Waals surface area (Å²) in [6, 6.07) is 7.33. The number of amides is 1. The second kappa shape index (κ2) is 6.17. The number of benzene rings is 1. The highest BCUT2D eigenvalue weighted by molar-refractivity contribution is 9.10. The van der Waals surface area contributed by atoms with E-state index in [9.17, 15) is 4.79 Å². The molecule has 1 aromatic carbocycles. The molecule has 1 rings (SSSR count). The van der Waals surface area contributed by atoms with Crippen LogP contribution in [0.15, 0.2) is 28.7 Å². The van der Waals surface area contributed by atoms with E-state index in [1.165, 1.54) is 0 Å². The van der Waals surface area contributed by atoms with Gasteiger partial charge >= 0.3 is 0 Å². The highest BCUT2D eigenvalue weighted by Crippen LogP contribution is 2.22. The van der Waals surface area contributed by atoms with Crippen LogP contribution in [-0.4, -0.2) is 11.9 Å². The van der Waals surface area contributed by atoms with E-state index in [0.717, 1.165) is 10.0 Å². The zero-order valence-electron chi connectivity index (χ0n) is 10.4. The Morgan fingerprint density at radius 3 is 2.41 bits per heavy atom. The Hall–Kier alpha value is -0.870. The van der Waals surface area contributed by atoms with Crippen molar-refractivity contribution in [3.63, 3.8) is 0 Å². The highest BCUT2D eigenvalue weighted by atomic mass is 79.9. The number of nitrogens with one attached hydrogen (secondary N) is 1. The van der Waals surface area contributed by atoms with Gasteiger partial charge in [0, 0.05) is 4.47 Å². The summed E-state index contributed by atoms with van der Waals surface area (Å²) in [5.41, 5.74) is 6.85. The third kappa shape index (κ3) is 3.82. The first-order valence-electron chi connectivity index (χ1n) is 5.74. The molecule has 0 spiro atoms. The smallest absolute Gasteiger partial charge is 0.237 e. The van der Waals surface area contributed by atoms with Crippen molar-refractivity contribution in [2.24, 2.45) is 11.7 Å². The second-order valence-corrected chi connectivity index (χ2v) is 5.38. The van der Waals surface area contributed by atoms with Gasteiger partial charge in [0.15, 0.2) is 0 Å². The molecule has 3 N–H and O–H groups in total. The fourth-order valence-corrected chi connectivity index (χ4v) is 2.14. The molecule has 0 bridgehead atoms. The molecule has 3 nitrogen and oxygen atoms in total. The molecule has 0 aromatic heterocycles. The molecule has 0 fully saturated rings. The predicted octanol–water partition coefficient (Wildman–Crippen LogP) is 2.61. The van der Waals surface area contributed by atoms with E-state index in [2.05, 4.69) is 21.2 Å². The van der Waals surface area contributed by atoms with Crippen molar-refractivity contribution in [2.75, 3.05) is 0 Å². The van der Waals surface area contributed by atoms with Gasteiger partial charge in [-0.2, -0.15) is 0 Å². The summed E-state index contributed by atoms with van der Waals surface area (Å²) in [5.74, 6) is 0.0321. The first-order valence-corrected chi connectivity index (χ1v) is 6.53. The molecular weight excluding hydrogens is 280 g/mol. The van der Waals surface area contributed by atoms with E-state index in [4.69, 9.17) is 5.73 Å². The topological polar surface area (TPSA) is 55.1 Å². The van der Waals surface area contributed by atoms with E-state index < -0.39 is 6.04 Å². The first-order chi connectivity index (χ1) is 7.93. The van der Waals surface area contributed by atoms with Gasteiger partial charge in [0.2, 0.25) is 5.91 Å². The molecular formula is C13H19BrN2O. The van der Waals surface area contributed by atoms with Crippen molar-refractivity contribution in [1.82, 2.24) is 5.32 Å². The Labute approximate surface area is 111 Å². The molecule has 0 aliphatic heterocycles. The fourth-order valence-electron chi connectivity index (χ4n) is 1.52. The Kier molecular flexibility index (Phi) is 5.15. The van der Waals surface area contributed by atoms with E-state index in [1.54, 1.807) is 0 Å². The second-order valence-electron chi connectivity index (χ2n) is 4.52. The monoisotopic (exact) mass is 298 g/mol. The summed E-state index contributed by atoms with van der Waals surface area (Å²) in [7, 11) is 0. The average Bonchev–Trinajstić information content (AvgIpc) is 2.28. The van der Waals surface area contributed by atoms with Crippen molar-refractivity contribution < 1.29 is 4.79 Å². The zero-order valence-corrected chi connectivity index (χ0v) is 12.0. The number of carbonyl (C=O) groups excluding carboxylic acids is 1. The fraction of sp³-hybridized carbons (Fsp3) is 0.462. The maximum atomic E-state index is 11.8. The molecule has 1 unspecified atom stereocenters. The van der Waals surface area contributed by atoms with Crippen LogP contribution in [0.1, 0.15) is 32.4 Å². The Morgan fingerprint density at radius 1 is 1.29 bits per heavy atom. The molecule has 1 amide bonds. The molecule has 17 heavy (non-hydrogen) atoms. The summed E-state index contributed by atoms with van der Waals surface area (Å²) in [6.07, 6.45) is 0. The van der Waals surface area contributed by atoms with Crippen molar-refractivity contribution in [2.45, 2.75) is 32.9 Å². The zero-order chi connectivity index (χ0) is 13.0. The molecule has 0 saturated carbocycles. The van der Waals surface area contributed by atoms with E-state index in [-0.39, 0.29) is 17.9 Å². The lowest BCUT2D eigenvalue weighted by molar-refractivity contribution is -0.123. The minimum absolute atomic E-state index is 0.0529. The lowest BCUT2D eigenvalue weighted by Gasteiger charge is -2.20. The molecule has 0 aliphatic carbocycles. The van der Waals surface area contributed by atoms with Crippen LogP contribution in [0.4, 0.5) is 0 Å². The van der Waals surface area contributed by atoms with E-state index >= 15 is 0 Å². The molecule has 0 heterocycles. The summed E-state index contributed by atoms with van der Waals surface area (Å²) in [5, 5.41) is 2.92. The highest BCUT2D eigenvalue weighted by Gasteiger charge is 2.20. The van der Waals surface area contributed by atoms with Gasteiger partial charge < -0.3 is 11.1 Å². The minimum Gasteiger partial charge on any atom is -0.348 e. The summed E-state index contributed by atoms with van der Waals surface area (Å²) >= 11 is 3.47. The quantitative estimate of drug-likeness (QED) is 0.898. The maximum Gasteiger partial charge on any atom is 0.237 e. The van der Waals surface area contributed by atoms with Gasteiger partial charge in [-0.1, -0.05) is 48.0 Å². The van der Waals surface area contributed by atoms with Crippen LogP contribution in [0.3, 0.4) is 0 Å². The lowest BCUT2D eigenvalue weighted by Crippen LogP contribution is -2.44. The van der Waals surface area contributed by atoms with Crippen molar-refractivity contribution in [3.8, 4) is 0 Å². The molecule has 94 valence electrons. The molecule has 0 radical (unpaired) electrons. The van der Waals surface area contributed by atoms with Crippen molar-refractivity contribution in [3.05, 3.63) is 34.3 Å². The third-order valence-corrected chi connectivity index (χ3v) is 3.47. The molecule has 0 saturated heterocycles. The van der Waals surface area contributed by atoms with E-state index in [1.807, 2.05) is 45.0 Å². The van der Waals surface area contributed by atoms with Gasteiger partial charge in [-0.3, -0.25) is 4.79 Å². The summed E-state index contributed by atoms with van der Waals surface area (Å²) in [6.45, 7) is 5.83. The normalized spacial score (nSPS) is 14.5. The van der Waals surface area contributed by atoms with Crippen LogP contribution >= 0.6 is 15.9 Å². The summed E-state index contributed by atoms with van der Waals surface area (Å²) < 4.78 is 0.992. The SMILES string of the molecule is CC(C)C(N)C(=O)N[C@@H](C)c1ccccc1Br. The van der Waals surface area contributed by atoms with Crippen LogP contribution in [0, 0.1) is 5.92 Å². The van der Waals surface area contributed by atoms with Crippen molar-refractivity contribution in [1.29, 1.82) is 0 Å². The average molecular weight is 299 g/mol. The maximum absolute atomic E-state index is 11.8. The number of rotatable bonds is 4. The Bertz CT molecular complexity index is 393. The number of halogens is 1. The van der Waals surface area contributed by atoms with Gasteiger partial charge in [0.1, 0.15) is 0 Å². The van der Waals surface area contributed by atoms with Crippen LogP contribution in [-0.2, 0) is 4.79 Å². The standard InChI is InChI=1S/C13H19BrN2O/c1-8(2)12(15)13(17)16-9(3)10-6-4-5-7-11(10)14/h4-9,12H,15H2,1-3H3,(H,16,17)/t9-,12?/m0/s1. The van der Waals surface area contributed by atoms with Crippen molar-refractivity contribution >= 4 is 21.8 Å². The molecule has 0 aliphatic rings. The number of hydrogen-bond donors (Lipinski definition) is 2. The van der Waals surface area contributed by atoms with Crippen LogP contribution in [0.2, 0.25) is 0 Å². The number of carbonyl (C=O) groups is 1. The third-order valence-electron chi connectivity index (χ3n) is 2.75. The van der Waals surface area contributed by atoms with Gasteiger partial charge in [0.05, 0.1) is 12.1 Å². The molecule has 4 heteroatoms. The van der Waals surface area contributed by atoms with Crippen LogP contribution in [0.25, 0.3) is 0 Å². The van der Waals surface area contributed by atoms with E-state index in [0.29, 0.717) is 0 Å². The number of nitrogens with two attached hydrogens (primary N) is 1. The van der Waals surface area contributed by atoms with Gasteiger partial charge in [-0.05, 0) is 24.5 Å². The van der Waals surface area contributed by atoms with Gasteiger partial charge in [0.25, 0.3) is 0 Å². The summed E-state index contributed by atoms with van der Waals surface area (Å²) in [4.78, 5) is 11.8. The molecule has 2 atom stereocenters. The van der Waals surface area contributed by atoms with Crippen LogP contribution < -0.4 is 11.1 Å². The van der Waals surface area contributed by atoms with Crippen LogP contribution in [0.5, 0.6) is 0 Å². The van der Waals surface area contributed by atoms with Gasteiger partial charge in [-0.25, -0.2) is 0 Å². The Balaban J connectivity index is 2.70. The first kappa shape index (κ1) is 14.2. The lowest BCUT2D eigenvalue weighted by atomic mass is 10.0. The van der Waals surface area contributed by atoms with Gasteiger partial charge in [-0.15, -0.1) is 0 Å². The molecule has 1 aromatic rings. The minimum atomic E-state index is -0.458. The number of hydrogen-bond acceptors (Lipinski definition) is 2. The Morgan fingerprint density at radius 2 is 1.88 bits per heavy atom. The predicted molar refractivity (Wildman–Crippen MR) is 73.5 cm³/mol. The largest absolute Gasteiger partial charge is 0.348 e.